The summed E-state index contributed by atoms with van der Waals surface area (Å²) in [6.45, 7) is 0.538. The van der Waals surface area contributed by atoms with Crippen LogP contribution < -0.4 is 10.1 Å². The summed E-state index contributed by atoms with van der Waals surface area (Å²) in [7, 11) is 1.54. The van der Waals surface area contributed by atoms with Gasteiger partial charge >= 0.3 is 0 Å². The first-order valence-electron chi connectivity index (χ1n) is 5.76. The smallest absolute Gasteiger partial charge is 0.152 e. The molecule has 0 spiro atoms. The number of methoxy groups -OCH3 is 1. The molecule has 0 aliphatic heterocycles. The SMILES string of the molecule is COc1ccc(CNc2cc(Br)cnc2Cl)cc1C#N. The lowest BCUT2D eigenvalue weighted by molar-refractivity contribution is 0.413. The molecule has 0 aliphatic rings. The molecule has 102 valence electrons. The number of ether oxygens (including phenoxy) is 1. The second kappa shape index (κ2) is 6.60. The molecule has 0 radical (unpaired) electrons. The molecule has 1 aromatic carbocycles. The van der Waals surface area contributed by atoms with Crippen molar-refractivity contribution in [2.24, 2.45) is 0 Å². The highest BCUT2D eigenvalue weighted by Gasteiger charge is 2.05. The van der Waals surface area contributed by atoms with Gasteiger partial charge in [0.05, 0.1) is 18.4 Å². The minimum atomic E-state index is 0.405. The van der Waals surface area contributed by atoms with E-state index in [0.29, 0.717) is 23.0 Å². The number of hydrogen-bond acceptors (Lipinski definition) is 4. The largest absolute Gasteiger partial charge is 0.495 e. The summed E-state index contributed by atoms with van der Waals surface area (Å²) in [4.78, 5) is 4.04. The van der Waals surface area contributed by atoms with Gasteiger partial charge in [0.15, 0.2) is 5.15 Å². The summed E-state index contributed by atoms with van der Waals surface area (Å²) in [5, 5.41) is 12.6. The van der Waals surface area contributed by atoms with Gasteiger partial charge in [-0.1, -0.05) is 17.7 Å². The molecule has 0 amide bonds. The van der Waals surface area contributed by atoms with Crippen LogP contribution in [0.3, 0.4) is 0 Å². The molecule has 2 rings (SSSR count). The van der Waals surface area contributed by atoms with E-state index < -0.39 is 0 Å². The van der Waals surface area contributed by atoms with Crippen molar-refractivity contribution in [1.29, 1.82) is 5.26 Å². The average Bonchev–Trinajstić information content (AvgIpc) is 2.47. The van der Waals surface area contributed by atoms with Crippen molar-refractivity contribution in [1.82, 2.24) is 4.98 Å². The quantitative estimate of drug-likeness (QED) is 0.845. The highest BCUT2D eigenvalue weighted by Crippen LogP contribution is 2.24. The van der Waals surface area contributed by atoms with Gasteiger partial charge in [-0.15, -0.1) is 0 Å². The Labute approximate surface area is 130 Å². The molecule has 0 fully saturated rings. The fourth-order valence-electron chi connectivity index (χ4n) is 1.70. The van der Waals surface area contributed by atoms with Crippen LogP contribution >= 0.6 is 27.5 Å². The molecule has 1 heterocycles. The number of hydrogen-bond donors (Lipinski definition) is 1. The van der Waals surface area contributed by atoms with Gasteiger partial charge in [-0.05, 0) is 39.7 Å². The molecule has 20 heavy (non-hydrogen) atoms. The first kappa shape index (κ1) is 14.6. The molecular weight excluding hydrogens is 342 g/mol. The number of nitrogens with one attached hydrogen (secondary N) is 1. The molecule has 2 aromatic rings. The Kier molecular flexibility index (Phi) is 4.83. The average molecular weight is 353 g/mol. The molecule has 6 heteroatoms. The Balaban J connectivity index is 2.15. The number of nitrogens with zero attached hydrogens (tertiary/aromatic N) is 2. The molecule has 0 atom stereocenters. The van der Waals surface area contributed by atoms with E-state index in [1.807, 2.05) is 12.1 Å². The van der Waals surface area contributed by atoms with Gasteiger partial charge < -0.3 is 10.1 Å². The van der Waals surface area contributed by atoms with E-state index in [2.05, 4.69) is 32.3 Å². The summed E-state index contributed by atoms with van der Waals surface area (Å²) in [5.74, 6) is 0.568. The normalized spacial score (nSPS) is 9.90. The number of benzene rings is 1. The Hall–Kier alpha value is -1.77. The first-order chi connectivity index (χ1) is 9.63. The van der Waals surface area contributed by atoms with E-state index in [9.17, 15) is 0 Å². The number of nitriles is 1. The van der Waals surface area contributed by atoms with Crippen LogP contribution in [-0.4, -0.2) is 12.1 Å². The van der Waals surface area contributed by atoms with Crippen molar-refractivity contribution < 1.29 is 4.74 Å². The highest BCUT2D eigenvalue weighted by atomic mass is 79.9. The minimum absolute atomic E-state index is 0.405. The van der Waals surface area contributed by atoms with Gasteiger partial charge in [-0.3, -0.25) is 0 Å². The van der Waals surface area contributed by atoms with E-state index in [1.54, 1.807) is 25.4 Å². The lowest BCUT2D eigenvalue weighted by Crippen LogP contribution is -2.01. The molecule has 1 N–H and O–H groups in total. The van der Waals surface area contributed by atoms with Crippen LogP contribution in [0.1, 0.15) is 11.1 Å². The van der Waals surface area contributed by atoms with Gasteiger partial charge in [-0.2, -0.15) is 5.26 Å². The predicted molar refractivity (Wildman–Crippen MR) is 82.0 cm³/mol. The lowest BCUT2D eigenvalue weighted by atomic mass is 10.1. The van der Waals surface area contributed by atoms with Crippen molar-refractivity contribution in [2.75, 3.05) is 12.4 Å². The van der Waals surface area contributed by atoms with Gasteiger partial charge in [0.25, 0.3) is 0 Å². The molecule has 0 saturated heterocycles. The summed E-state index contributed by atoms with van der Waals surface area (Å²) in [6, 6.07) is 9.41. The van der Waals surface area contributed by atoms with Gasteiger partial charge in [0.2, 0.25) is 0 Å². The zero-order chi connectivity index (χ0) is 14.5. The number of halogens is 2. The van der Waals surface area contributed by atoms with Crippen LogP contribution in [0.4, 0.5) is 5.69 Å². The summed E-state index contributed by atoms with van der Waals surface area (Å²) in [5.41, 5.74) is 2.19. The van der Waals surface area contributed by atoms with E-state index in [0.717, 1.165) is 15.7 Å². The Morgan fingerprint density at radius 3 is 2.95 bits per heavy atom. The standard InChI is InChI=1S/C14H11BrClN3O/c1-20-13-3-2-9(4-10(13)6-17)7-18-12-5-11(15)8-19-14(12)16/h2-5,8,18H,7H2,1H3. The van der Waals surface area contributed by atoms with Crippen LogP contribution in [0, 0.1) is 11.3 Å². The van der Waals surface area contributed by atoms with Gasteiger partial charge in [-0.25, -0.2) is 4.98 Å². The van der Waals surface area contributed by atoms with E-state index in [1.165, 1.54) is 0 Å². The molecule has 0 bridgehead atoms. The fourth-order valence-corrected chi connectivity index (χ4v) is 2.20. The molecular formula is C14H11BrClN3O. The lowest BCUT2D eigenvalue weighted by Gasteiger charge is -2.10. The molecule has 0 aliphatic carbocycles. The van der Waals surface area contributed by atoms with Crippen LogP contribution in [0.25, 0.3) is 0 Å². The third-order valence-electron chi connectivity index (χ3n) is 2.67. The van der Waals surface area contributed by atoms with Gasteiger partial charge in [0, 0.05) is 17.2 Å². The van der Waals surface area contributed by atoms with Crippen LogP contribution in [-0.2, 0) is 6.54 Å². The number of anilines is 1. The van der Waals surface area contributed by atoms with Crippen molar-refractivity contribution >= 4 is 33.2 Å². The van der Waals surface area contributed by atoms with Crippen molar-refractivity contribution in [3.63, 3.8) is 0 Å². The highest BCUT2D eigenvalue weighted by molar-refractivity contribution is 9.10. The van der Waals surface area contributed by atoms with Crippen LogP contribution in [0.5, 0.6) is 5.75 Å². The number of pyridine rings is 1. The predicted octanol–water partition coefficient (Wildman–Crippen LogP) is 3.99. The minimum Gasteiger partial charge on any atom is -0.495 e. The number of aromatic nitrogens is 1. The molecule has 0 unspecified atom stereocenters. The summed E-state index contributed by atoms with van der Waals surface area (Å²) >= 11 is 9.35. The van der Waals surface area contributed by atoms with E-state index in [4.69, 9.17) is 21.6 Å². The molecule has 1 aromatic heterocycles. The number of rotatable bonds is 4. The second-order valence-corrected chi connectivity index (χ2v) is 5.27. The monoisotopic (exact) mass is 351 g/mol. The van der Waals surface area contributed by atoms with Crippen LogP contribution in [0.2, 0.25) is 5.15 Å². The topological polar surface area (TPSA) is 57.9 Å². The first-order valence-corrected chi connectivity index (χ1v) is 6.93. The fraction of sp³-hybridized carbons (Fsp3) is 0.143. The third kappa shape index (κ3) is 3.41. The van der Waals surface area contributed by atoms with Gasteiger partial charge in [0.1, 0.15) is 11.8 Å². The zero-order valence-electron chi connectivity index (χ0n) is 10.7. The van der Waals surface area contributed by atoms with E-state index >= 15 is 0 Å². The van der Waals surface area contributed by atoms with Crippen LogP contribution in [0.15, 0.2) is 34.9 Å². The summed E-state index contributed by atoms with van der Waals surface area (Å²) < 4.78 is 5.95. The third-order valence-corrected chi connectivity index (χ3v) is 3.41. The zero-order valence-corrected chi connectivity index (χ0v) is 13.0. The maximum absolute atomic E-state index is 9.05. The van der Waals surface area contributed by atoms with Crippen molar-refractivity contribution in [2.45, 2.75) is 6.54 Å². The molecule has 4 nitrogen and oxygen atoms in total. The van der Waals surface area contributed by atoms with Crippen molar-refractivity contribution in [3.8, 4) is 11.8 Å². The Morgan fingerprint density at radius 2 is 2.25 bits per heavy atom. The summed E-state index contributed by atoms with van der Waals surface area (Å²) in [6.07, 6.45) is 1.63. The van der Waals surface area contributed by atoms with Crippen molar-refractivity contribution in [3.05, 3.63) is 51.2 Å². The molecule has 0 saturated carbocycles. The Morgan fingerprint density at radius 1 is 1.45 bits per heavy atom. The Bertz CT molecular complexity index is 670. The second-order valence-electron chi connectivity index (χ2n) is 3.99. The maximum atomic E-state index is 9.05. The maximum Gasteiger partial charge on any atom is 0.152 e. The van der Waals surface area contributed by atoms with E-state index in [-0.39, 0.29) is 0 Å².